The lowest BCUT2D eigenvalue weighted by Gasteiger charge is -2.17. The summed E-state index contributed by atoms with van der Waals surface area (Å²) in [6.07, 6.45) is 0. The van der Waals surface area contributed by atoms with E-state index in [0.29, 0.717) is 11.4 Å². The molecule has 6 nitrogen and oxygen atoms in total. The standard InChI is InChI=1S/C10H14N4O2/c1-7-4-5-9(16-3)8(6-7)14-10(15)13(2)11-12-14/h4-6,11-12H,1-3H3. The lowest BCUT2D eigenvalue weighted by molar-refractivity contribution is 0.214. The number of hydrogen-bond acceptors (Lipinski definition) is 4. The van der Waals surface area contributed by atoms with Gasteiger partial charge in [0.25, 0.3) is 0 Å². The number of nitrogens with zero attached hydrogens (tertiary/aromatic N) is 2. The predicted octanol–water partition coefficient (Wildman–Crippen LogP) is 0.800. The molecular formula is C10H14N4O2. The Morgan fingerprint density at radius 2 is 2.06 bits per heavy atom. The highest BCUT2D eigenvalue weighted by Crippen LogP contribution is 2.29. The van der Waals surface area contributed by atoms with Gasteiger partial charge in [0.2, 0.25) is 0 Å². The van der Waals surface area contributed by atoms with Gasteiger partial charge in [-0.3, -0.25) is 0 Å². The first-order valence-electron chi connectivity index (χ1n) is 4.87. The van der Waals surface area contributed by atoms with Crippen LogP contribution in [0.25, 0.3) is 0 Å². The van der Waals surface area contributed by atoms with E-state index >= 15 is 0 Å². The topological polar surface area (TPSA) is 56.8 Å². The molecule has 1 fully saturated rings. The van der Waals surface area contributed by atoms with Gasteiger partial charge in [0.05, 0.1) is 7.11 Å². The van der Waals surface area contributed by atoms with E-state index in [4.69, 9.17) is 4.74 Å². The number of benzene rings is 1. The van der Waals surface area contributed by atoms with Crippen LogP contribution in [0.2, 0.25) is 0 Å². The molecule has 1 aliphatic heterocycles. The number of anilines is 1. The Labute approximate surface area is 93.7 Å². The molecule has 1 aromatic rings. The SMILES string of the molecule is COc1ccc(C)cc1N1NNN(C)C1=O. The van der Waals surface area contributed by atoms with Gasteiger partial charge >= 0.3 is 6.03 Å². The van der Waals surface area contributed by atoms with E-state index in [1.165, 1.54) is 10.0 Å². The van der Waals surface area contributed by atoms with E-state index in [-0.39, 0.29) is 6.03 Å². The van der Waals surface area contributed by atoms with Gasteiger partial charge in [-0.2, -0.15) is 0 Å². The molecule has 1 aliphatic rings. The molecule has 2 rings (SSSR count). The lowest BCUT2D eigenvalue weighted by atomic mass is 10.2. The summed E-state index contributed by atoms with van der Waals surface area (Å²) >= 11 is 0. The summed E-state index contributed by atoms with van der Waals surface area (Å²) < 4.78 is 5.22. The molecule has 1 saturated heterocycles. The maximum absolute atomic E-state index is 11.8. The zero-order valence-electron chi connectivity index (χ0n) is 9.44. The zero-order valence-corrected chi connectivity index (χ0v) is 9.44. The number of nitrogens with one attached hydrogen (secondary N) is 2. The van der Waals surface area contributed by atoms with Crippen molar-refractivity contribution in [2.24, 2.45) is 0 Å². The van der Waals surface area contributed by atoms with Gasteiger partial charge in [0.1, 0.15) is 11.4 Å². The molecule has 0 aromatic heterocycles. The van der Waals surface area contributed by atoms with E-state index in [1.54, 1.807) is 14.2 Å². The van der Waals surface area contributed by atoms with Crippen LogP contribution in [-0.4, -0.2) is 25.2 Å². The summed E-state index contributed by atoms with van der Waals surface area (Å²) in [5, 5.41) is 2.74. The summed E-state index contributed by atoms with van der Waals surface area (Å²) in [6.45, 7) is 1.96. The second-order valence-corrected chi connectivity index (χ2v) is 3.58. The van der Waals surface area contributed by atoms with Crippen LogP contribution in [0.15, 0.2) is 18.2 Å². The van der Waals surface area contributed by atoms with Crippen molar-refractivity contribution in [3.8, 4) is 5.75 Å². The number of carbonyl (C=O) groups excluding carboxylic acids is 1. The van der Waals surface area contributed by atoms with E-state index in [2.05, 4.69) is 11.1 Å². The highest BCUT2D eigenvalue weighted by molar-refractivity contribution is 5.93. The fourth-order valence-electron chi connectivity index (χ4n) is 1.51. The van der Waals surface area contributed by atoms with E-state index in [0.717, 1.165) is 5.56 Å². The highest BCUT2D eigenvalue weighted by atomic mass is 16.5. The van der Waals surface area contributed by atoms with Crippen LogP contribution in [0.5, 0.6) is 5.75 Å². The molecule has 86 valence electrons. The molecule has 0 spiro atoms. The Morgan fingerprint density at radius 3 is 2.62 bits per heavy atom. The first kappa shape index (κ1) is 10.7. The molecule has 0 atom stereocenters. The van der Waals surface area contributed by atoms with Crippen LogP contribution in [0.3, 0.4) is 0 Å². The molecule has 2 N–H and O–H groups in total. The second kappa shape index (κ2) is 3.99. The molecule has 6 heteroatoms. The lowest BCUT2D eigenvalue weighted by Crippen LogP contribution is -2.38. The summed E-state index contributed by atoms with van der Waals surface area (Å²) in [4.78, 5) is 11.8. The number of aryl methyl sites for hydroxylation is 1. The van der Waals surface area contributed by atoms with Crippen LogP contribution >= 0.6 is 0 Å². The zero-order chi connectivity index (χ0) is 11.7. The molecule has 1 aromatic carbocycles. The molecular weight excluding hydrogens is 208 g/mol. The highest BCUT2D eigenvalue weighted by Gasteiger charge is 2.28. The fraction of sp³-hybridized carbons (Fsp3) is 0.300. The average molecular weight is 222 g/mol. The number of methoxy groups -OCH3 is 1. The number of rotatable bonds is 2. The quantitative estimate of drug-likeness (QED) is 0.777. The number of urea groups is 1. The first-order valence-corrected chi connectivity index (χ1v) is 4.87. The normalized spacial score (nSPS) is 15.8. The van der Waals surface area contributed by atoms with E-state index < -0.39 is 0 Å². The van der Waals surface area contributed by atoms with Crippen LogP contribution in [0.1, 0.15) is 5.56 Å². The van der Waals surface area contributed by atoms with Gasteiger partial charge in [-0.05, 0) is 24.6 Å². The van der Waals surface area contributed by atoms with Crippen LogP contribution in [0, 0.1) is 6.92 Å². The van der Waals surface area contributed by atoms with Crippen molar-refractivity contribution in [2.45, 2.75) is 6.92 Å². The number of hydrogen-bond donors (Lipinski definition) is 2. The minimum atomic E-state index is -0.191. The van der Waals surface area contributed by atoms with Crippen LogP contribution in [0.4, 0.5) is 10.5 Å². The number of amides is 2. The Hall–Kier alpha value is -1.79. The van der Waals surface area contributed by atoms with Crippen LogP contribution in [-0.2, 0) is 0 Å². The number of hydrazine groups is 3. The summed E-state index contributed by atoms with van der Waals surface area (Å²) in [6, 6.07) is 5.45. The van der Waals surface area contributed by atoms with Crippen molar-refractivity contribution >= 4 is 11.7 Å². The third-order valence-electron chi connectivity index (χ3n) is 2.38. The minimum Gasteiger partial charge on any atom is -0.495 e. The van der Waals surface area contributed by atoms with Crippen molar-refractivity contribution in [3.63, 3.8) is 0 Å². The maximum atomic E-state index is 11.8. The van der Waals surface area contributed by atoms with Crippen molar-refractivity contribution in [3.05, 3.63) is 23.8 Å². The van der Waals surface area contributed by atoms with Gasteiger partial charge < -0.3 is 4.74 Å². The van der Waals surface area contributed by atoms with Crippen molar-refractivity contribution < 1.29 is 9.53 Å². The molecule has 0 bridgehead atoms. The third-order valence-corrected chi connectivity index (χ3v) is 2.38. The molecule has 2 amide bonds. The summed E-state index contributed by atoms with van der Waals surface area (Å²) in [7, 11) is 3.21. The Bertz CT molecular complexity index is 421. The average Bonchev–Trinajstić information content (AvgIpc) is 2.60. The van der Waals surface area contributed by atoms with Crippen molar-refractivity contribution in [1.29, 1.82) is 0 Å². The van der Waals surface area contributed by atoms with Gasteiger partial charge in [0, 0.05) is 7.05 Å². The molecule has 0 saturated carbocycles. The number of carbonyl (C=O) groups is 1. The van der Waals surface area contributed by atoms with Gasteiger partial charge in [0.15, 0.2) is 0 Å². The van der Waals surface area contributed by atoms with Crippen molar-refractivity contribution in [2.75, 3.05) is 19.2 Å². The Balaban J connectivity index is 2.39. The van der Waals surface area contributed by atoms with Gasteiger partial charge in [-0.15, -0.1) is 11.1 Å². The minimum absolute atomic E-state index is 0.191. The second-order valence-electron chi connectivity index (χ2n) is 3.58. The van der Waals surface area contributed by atoms with E-state index in [9.17, 15) is 4.79 Å². The molecule has 0 radical (unpaired) electrons. The predicted molar refractivity (Wildman–Crippen MR) is 59.6 cm³/mol. The molecule has 16 heavy (non-hydrogen) atoms. The van der Waals surface area contributed by atoms with Gasteiger partial charge in [-0.25, -0.2) is 14.8 Å². The van der Waals surface area contributed by atoms with Crippen molar-refractivity contribution in [1.82, 2.24) is 16.1 Å². The maximum Gasteiger partial charge on any atom is 0.355 e. The fourth-order valence-corrected chi connectivity index (χ4v) is 1.51. The molecule has 1 heterocycles. The first-order chi connectivity index (χ1) is 7.63. The Morgan fingerprint density at radius 1 is 1.31 bits per heavy atom. The summed E-state index contributed by atoms with van der Waals surface area (Å²) in [5.74, 6) is 0.642. The smallest absolute Gasteiger partial charge is 0.355 e. The molecule has 0 unspecified atom stereocenters. The van der Waals surface area contributed by atoms with Crippen LogP contribution < -0.4 is 20.8 Å². The van der Waals surface area contributed by atoms with E-state index in [1.807, 2.05) is 25.1 Å². The molecule has 0 aliphatic carbocycles. The summed E-state index contributed by atoms with van der Waals surface area (Å²) in [5.41, 5.74) is 7.19. The Kier molecular flexibility index (Phi) is 2.67. The largest absolute Gasteiger partial charge is 0.495 e. The van der Waals surface area contributed by atoms with Gasteiger partial charge in [-0.1, -0.05) is 6.07 Å². The third kappa shape index (κ3) is 1.68. The number of ether oxygens (including phenoxy) is 1. The monoisotopic (exact) mass is 222 g/mol.